The summed E-state index contributed by atoms with van der Waals surface area (Å²) in [6.07, 6.45) is 1.64. The number of nitrogens with zero attached hydrogens (tertiary/aromatic N) is 2. The fourth-order valence-corrected chi connectivity index (χ4v) is 2.68. The third kappa shape index (κ3) is 4.84. The molecule has 0 unspecified atom stereocenters. The average Bonchev–Trinajstić information content (AvgIpc) is 3.09. The number of rotatable bonds is 7. The molecule has 0 radical (unpaired) electrons. The number of carbonyl (C=O) groups is 1. The molecule has 26 heavy (non-hydrogen) atoms. The maximum absolute atomic E-state index is 11.7. The van der Waals surface area contributed by atoms with E-state index in [1.165, 1.54) is 0 Å². The lowest BCUT2D eigenvalue weighted by Gasteiger charge is -2.13. The minimum Gasteiger partial charge on any atom is -0.361 e. The third-order valence-corrected chi connectivity index (χ3v) is 4.14. The summed E-state index contributed by atoms with van der Waals surface area (Å²) in [5.74, 6) is 1.49. The molecule has 1 aromatic heterocycles. The van der Waals surface area contributed by atoms with Gasteiger partial charge in [0.1, 0.15) is 5.76 Å². The van der Waals surface area contributed by atoms with Crippen LogP contribution in [0.2, 0.25) is 0 Å². The highest BCUT2D eigenvalue weighted by Gasteiger charge is 2.13. The van der Waals surface area contributed by atoms with E-state index >= 15 is 0 Å². The fraction of sp³-hybridized carbons (Fsp3) is 0.421. The van der Waals surface area contributed by atoms with Crippen LogP contribution in [-0.2, 0) is 25.9 Å². The molecule has 1 amide bonds. The largest absolute Gasteiger partial charge is 0.361 e. The molecule has 7 nitrogen and oxygen atoms in total. The van der Waals surface area contributed by atoms with Gasteiger partial charge in [0.25, 0.3) is 5.91 Å². The molecule has 0 atom stereocenters. The van der Waals surface area contributed by atoms with Gasteiger partial charge in [0.15, 0.2) is 5.96 Å². The number of hydrogen-bond donors (Lipinski definition) is 3. The number of carbonyl (C=O) groups excluding carboxylic acids is 1. The highest BCUT2D eigenvalue weighted by molar-refractivity contribution is 5.94. The summed E-state index contributed by atoms with van der Waals surface area (Å²) in [5, 5.41) is 13.3. The molecule has 0 aliphatic carbocycles. The van der Waals surface area contributed by atoms with Crippen molar-refractivity contribution >= 4 is 11.9 Å². The first kappa shape index (κ1) is 19.5. The molecule has 0 saturated heterocycles. The lowest BCUT2D eigenvalue weighted by atomic mass is 10.1. The van der Waals surface area contributed by atoms with E-state index in [0.29, 0.717) is 24.6 Å². The predicted molar refractivity (Wildman–Crippen MR) is 102 cm³/mol. The van der Waals surface area contributed by atoms with E-state index in [2.05, 4.69) is 39.9 Å². The Morgan fingerprint density at radius 2 is 1.96 bits per heavy atom. The van der Waals surface area contributed by atoms with Gasteiger partial charge in [-0.05, 0) is 24.1 Å². The first-order chi connectivity index (χ1) is 12.6. The Bertz CT molecular complexity index is 746. The van der Waals surface area contributed by atoms with Crippen molar-refractivity contribution in [2.24, 2.45) is 4.99 Å². The van der Waals surface area contributed by atoms with E-state index in [1.54, 1.807) is 20.2 Å². The smallest absolute Gasteiger partial charge is 0.251 e. The van der Waals surface area contributed by atoms with Gasteiger partial charge in [-0.1, -0.05) is 31.1 Å². The number of guanidine groups is 1. The molecule has 2 aromatic rings. The molecule has 3 N–H and O–H groups in total. The average molecular weight is 357 g/mol. The number of hydrogen-bond acceptors (Lipinski definition) is 4. The molecule has 7 heteroatoms. The number of nitrogens with one attached hydrogen (secondary N) is 3. The van der Waals surface area contributed by atoms with Gasteiger partial charge in [-0.25, -0.2) is 0 Å². The van der Waals surface area contributed by atoms with Gasteiger partial charge >= 0.3 is 0 Å². The van der Waals surface area contributed by atoms with Gasteiger partial charge in [-0.2, -0.15) is 0 Å². The number of benzene rings is 1. The van der Waals surface area contributed by atoms with Crippen LogP contribution in [-0.4, -0.2) is 31.1 Å². The number of aliphatic imine (C=N–C) groups is 1. The molecule has 0 aliphatic rings. The summed E-state index contributed by atoms with van der Waals surface area (Å²) in [5.41, 5.74) is 3.71. The van der Waals surface area contributed by atoms with Crippen molar-refractivity contribution in [2.45, 2.75) is 39.8 Å². The number of amides is 1. The van der Waals surface area contributed by atoms with Gasteiger partial charge in [-0.3, -0.25) is 9.79 Å². The van der Waals surface area contributed by atoms with E-state index in [0.717, 1.165) is 35.4 Å². The van der Waals surface area contributed by atoms with E-state index in [-0.39, 0.29) is 5.91 Å². The lowest BCUT2D eigenvalue weighted by Crippen LogP contribution is -2.36. The molecule has 0 spiro atoms. The van der Waals surface area contributed by atoms with E-state index in [9.17, 15) is 4.79 Å². The van der Waals surface area contributed by atoms with Gasteiger partial charge in [0, 0.05) is 44.7 Å². The summed E-state index contributed by atoms with van der Waals surface area (Å²) >= 11 is 0. The Morgan fingerprint density at radius 1 is 1.19 bits per heavy atom. The molecule has 2 rings (SSSR count). The lowest BCUT2D eigenvalue weighted by molar-refractivity contribution is 0.0963. The van der Waals surface area contributed by atoms with E-state index in [1.807, 2.05) is 18.2 Å². The van der Waals surface area contributed by atoms with Crippen molar-refractivity contribution < 1.29 is 9.32 Å². The zero-order valence-corrected chi connectivity index (χ0v) is 15.8. The van der Waals surface area contributed by atoms with Crippen LogP contribution in [0.25, 0.3) is 0 Å². The molecule has 1 heterocycles. The molecule has 0 saturated carbocycles. The second kappa shape index (κ2) is 9.60. The van der Waals surface area contributed by atoms with E-state index in [4.69, 9.17) is 4.52 Å². The number of aromatic nitrogens is 1. The Kier molecular flexibility index (Phi) is 7.20. The first-order valence-electron chi connectivity index (χ1n) is 8.84. The normalized spacial score (nSPS) is 11.3. The van der Waals surface area contributed by atoms with Crippen LogP contribution in [0.4, 0.5) is 0 Å². The Balaban J connectivity index is 1.97. The molecule has 0 fully saturated rings. The van der Waals surface area contributed by atoms with Crippen molar-refractivity contribution in [1.82, 2.24) is 21.1 Å². The Labute approximate surface area is 154 Å². The number of aryl methyl sites for hydroxylation is 2. The summed E-state index contributed by atoms with van der Waals surface area (Å²) in [6.45, 7) is 5.28. The van der Waals surface area contributed by atoms with Crippen molar-refractivity contribution in [3.63, 3.8) is 0 Å². The van der Waals surface area contributed by atoms with Crippen molar-refractivity contribution in [1.29, 1.82) is 0 Å². The van der Waals surface area contributed by atoms with Crippen LogP contribution in [0.5, 0.6) is 0 Å². The zero-order valence-electron chi connectivity index (χ0n) is 15.8. The molecule has 1 aromatic carbocycles. The molecular weight excluding hydrogens is 330 g/mol. The Morgan fingerprint density at radius 3 is 2.62 bits per heavy atom. The van der Waals surface area contributed by atoms with Crippen molar-refractivity contribution in [3.05, 3.63) is 52.4 Å². The maximum Gasteiger partial charge on any atom is 0.251 e. The topological polar surface area (TPSA) is 91.6 Å². The summed E-state index contributed by atoms with van der Waals surface area (Å²) in [6, 6.07) is 7.50. The highest BCUT2D eigenvalue weighted by atomic mass is 16.5. The van der Waals surface area contributed by atoms with Crippen LogP contribution >= 0.6 is 0 Å². The molecule has 0 aliphatic heterocycles. The van der Waals surface area contributed by atoms with Gasteiger partial charge < -0.3 is 20.5 Å². The van der Waals surface area contributed by atoms with Gasteiger partial charge in [0.2, 0.25) is 0 Å². The third-order valence-electron chi connectivity index (χ3n) is 4.14. The van der Waals surface area contributed by atoms with Crippen LogP contribution in [0.15, 0.2) is 33.8 Å². The van der Waals surface area contributed by atoms with E-state index < -0.39 is 0 Å². The quantitative estimate of drug-likeness (QED) is 0.521. The minimum absolute atomic E-state index is 0.0963. The van der Waals surface area contributed by atoms with Gasteiger partial charge in [-0.15, -0.1) is 0 Å². The van der Waals surface area contributed by atoms with Gasteiger partial charge in [0.05, 0.1) is 5.69 Å². The maximum atomic E-state index is 11.7. The minimum atomic E-state index is -0.0963. The predicted octanol–water partition coefficient (Wildman–Crippen LogP) is 2.02. The van der Waals surface area contributed by atoms with Crippen LogP contribution in [0.3, 0.4) is 0 Å². The second-order valence-electron chi connectivity index (χ2n) is 5.80. The monoisotopic (exact) mass is 357 g/mol. The Hall–Kier alpha value is -2.83. The molecular formula is C19H27N5O2. The van der Waals surface area contributed by atoms with Crippen LogP contribution < -0.4 is 16.0 Å². The molecule has 140 valence electrons. The fourth-order valence-electron chi connectivity index (χ4n) is 2.68. The second-order valence-corrected chi connectivity index (χ2v) is 5.80. The van der Waals surface area contributed by atoms with Crippen LogP contribution in [0, 0.1) is 0 Å². The standard InChI is InChI=1S/C19H27N5O2/c1-5-16-15(17(6-2)26-24-16)12-23-19(21-4)22-11-13-8-7-9-14(10-13)18(25)20-3/h7-10H,5-6,11-12H2,1-4H3,(H,20,25)(H2,21,22,23). The van der Waals surface area contributed by atoms with Crippen molar-refractivity contribution in [3.8, 4) is 0 Å². The molecule has 0 bridgehead atoms. The zero-order chi connectivity index (χ0) is 18.9. The highest BCUT2D eigenvalue weighted by Crippen LogP contribution is 2.15. The summed E-state index contributed by atoms with van der Waals surface area (Å²) in [7, 11) is 3.35. The first-order valence-corrected chi connectivity index (χ1v) is 8.84. The van der Waals surface area contributed by atoms with Crippen LogP contribution in [0.1, 0.15) is 46.8 Å². The van der Waals surface area contributed by atoms with Crippen molar-refractivity contribution in [2.75, 3.05) is 14.1 Å². The summed E-state index contributed by atoms with van der Waals surface area (Å²) < 4.78 is 5.39. The summed E-state index contributed by atoms with van der Waals surface area (Å²) in [4.78, 5) is 16.0. The SMILES string of the molecule is CCc1noc(CC)c1CNC(=NC)NCc1cccc(C(=O)NC)c1.